The monoisotopic (exact) mass is 668 g/mol. The Morgan fingerprint density at radius 2 is 1.71 bits per heavy atom. The summed E-state index contributed by atoms with van der Waals surface area (Å²) in [4.78, 5) is 25.6. The fraction of sp³-hybridized carbons (Fsp3) is 0.636. The van der Waals surface area contributed by atoms with Crippen LogP contribution in [0.2, 0.25) is 0 Å². The van der Waals surface area contributed by atoms with E-state index in [1.807, 2.05) is 12.1 Å². The largest absolute Gasteiger partial charge is 0.508 e. The van der Waals surface area contributed by atoms with Gasteiger partial charge in [-0.1, -0.05) is 77.7 Å². The summed E-state index contributed by atoms with van der Waals surface area (Å²) in [6, 6.07) is 11.9. The molecular weight excluding hydrogens is 608 g/mol. The molecule has 6 rings (SSSR count). The van der Waals surface area contributed by atoms with Gasteiger partial charge in [0, 0.05) is 12.8 Å². The molecule has 0 aliphatic heterocycles. The standard InChI is InChI=1S/C44H60O5/c1-28(2)8-7-9-29(3)38-19-20-39-37-17-13-32-27-35(22-24-43(32,5)40(37)23-25-44(38,39)6)48-41(46)21-12-31-10-15-34(16-11-31)49-42(47)36-18-14-33(45)26-30(36)4/h10-11,13-16,18,26,28-29,35,37-40,45H,7-9,12,17,19-25,27H2,1-6H3/t29-,35+,37+,38-,39+,40+,43+,44-/m1/s1. The number of aromatic hydroxyl groups is 1. The molecule has 3 saturated carbocycles. The lowest BCUT2D eigenvalue weighted by molar-refractivity contribution is -0.151. The Hall–Kier alpha value is -3.08. The molecule has 49 heavy (non-hydrogen) atoms. The SMILES string of the molecule is Cc1cc(O)ccc1C(=O)Oc1ccc(CCC(=O)O[C@H]2CC[C@@]3(C)C(=CC[C@H]4[C@@H]5CC[C@H]([C@H](C)CCCC(C)C)[C@@]5(C)CC[C@@H]43)C2)cc1. The third-order valence-corrected chi connectivity index (χ3v) is 13.7. The van der Waals surface area contributed by atoms with Crippen molar-refractivity contribution in [2.45, 2.75) is 131 Å². The van der Waals surface area contributed by atoms with Crippen LogP contribution in [0.15, 0.2) is 54.1 Å². The van der Waals surface area contributed by atoms with Crippen molar-refractivity contribution >= 4 is 11.9 Å². The van der Waals surface area contributed by atoms with Crippen LogP contribution in [0.1, 0.15) is 133 Å². The number of rotatable bonds is 11. The molecule has 0 bridgehead atoms. The zero-order chi connectivity index (χ0) is 34.9. The van der Waals surface area contributed by atoms with E-state index in [-0.39, 0.29) is 23.2 Å². The van der Waals surface area contributed by atoms with Crippen LogP contribution in [0.25, 0.3) is 0 Å². The van der Waals surface area contributed by atoms with Gasteiger partial charge in [-0.15, -0.1) is 0 Å². The molecule has 4 aliphatic carbocycles. The highest BCUT2D eigenvalue weighted by atomic mass is 16.5. The molecule has 5 nitrogen and oxygen atoms in total. The Labute approximate surface area is 295 Å². The van der Waals surface area contributed by atoms with Crippen molar-refractivity contribution in [3.05, 3.63) is 70.8 Å². The first-order valence-electron chi connectivity index (χ1n) is 19.4. The number of esters is 2. The number of carbonyl (C=O) groups is 2. The minimum atomic E-state index is -0.465. The number of ether oxygens (including phenoxy) is 2. The van der Waals surface area contributed by atoms with Crippen LogP contribution < -0.4 is 4.74 Å². The molecule has 4 aliphatic rings. The Morgan fingerprint density at radius 3 is 2.45 bits per heavy atom. The van der Waals surface area contributed by atoms with Gasteiger partial charge in [-0.05, 0) is 146 Å². The summed E-state index contributed by atoms with van der Waals surface area (Å²) >= 11 is 0. The molecule has 0 spiro atoms. The molecule has 0 amide bonds. The topological polar surface area (TPSA) is 72.8 Å². The van der Waals surface area contributed by atoms with Crippen LogP contribution in [-0.4, -0.2) is 23.1 Å². The normalized spacial score (nSPS) is 31.2. The van der Waals surface area contributed by atoms with Gasteiger partial charge in [0.2, 0.25) is 0 Å². The van der Waals surface area contributed by atoms with E-state index in [1.165, 1.54) is 63.5 Å². The van der Waals surface area contributed by atoms with Crippen molar-refractivity contribution in [2.24, 2.45) is 46.3 Å². The molecule has 3 fully saturated rings. The van der Waals surface area contributed by atoms with Gasteiger partial charge < -0.3 is 14.6 Å². The summed E-state index contributed by atoms with van der Waals surface area (Å²) < 4.78 is 11.6. The van der Waals surface area contributed by atoms with E-state index in [9.17, 15) is 14.7 Å². The average molecular weight is 669 g/mol. The molecule has 0 aromatic heterocycles. The highest BCUT2D eigenvalue weighted by molar-refractivity contribution is 5.92. The van der Waals surface area contributed by atoms with Gasteiger partial charge in [-0.2, -0.15) is 0 Å². The second-order valence-electron chi connectivity index (χ2n) is 17.2. The van der Waals surface area contributed by atoms with Crippen molar-refractivity contribution in [3.63, 3.8) is 0 Å². The number of aryl methyl sites for hydroxylation is 2. The van der Waals surface area contributed by atoms with Gasteiger partial charge in [0.1, 0.15) is 17.6 Å². The van der Waals surface area contributed by atoms with Crippen molar-refractivity contribution in [1.29, 1.82) is 0 Å². The molecule has 5 heteroatoms. The van der Waals surface area contributed by atoms with Gasteiger partial charge in [0.15, 0.2) is 0 Å². The Morgan fingerprint density at radius 1 is 0.939 bits per heavy atom. The maximum Gasteiger partial charge on any atom is 0.343 e. The lowest BCUT2D eigenvalue weighted by Crippen LogP contribution is -2.51. The van der Waals surface area contributed by atoms with Crippen LogP contribution in [0.5, 0.6) is 11.5 Å². The first-order chi connectivity index (χ1) is 23.4. The second-order valence-corrected chi connectivity index (χ2v) is 17.2. The molecule has 0 radical (unpaired) electrons. The maximum atomic E-state index is 13.0. The fourth-order valence-corrected chi connectivity index (χ4v) is 11.0. The lowest BCUT2D eigenvalue weighted by Gasteiger charge is -2.58. The highest BCUT2D eigenvalue weighted by Crippen LogP contribution is 2.67. The van der Waals surface area contributed by atoms with Gasteiger partial charge in [-0.25, -0.2) is 4.79 Å². The first-order valence-corrected chi connectivity index (χ1v) is 19.4. The van der Waals surface area contributed by atoms with Crippen LogP contribution in [-0.2, 0) is 16.0 Å². The van der Waals surface area contributed by atoms with Crippen LogP contribution in [0.4, 0.5) is 0 Å². The van der Waals surface area contributed by atoms with Crippen LogP contribution in [0, 0.1) is 53.3 Å². The summed E-state index contributed by atoms with van der Waals surface area (Å²) in [6.07, 6.45) is 17.4. The van der Waals surface area contributed by atoms with Crippen molar-refractivity contribution in [1.82, 2.24) is 0 Å². The Kier molecular flexibility index (Phi) is 10.7. The number of benzene rings is 2. The molecule has 1 N–H and O–H groups in total. The molecule has 266 valence electrons. The van der Waals surface area contributed by atoms with Crippen molar-refractivity contribution < 1.29 is 24.2 Å². The number of carbonyl (C=O) groups excluding carboxylic acids is 2. The number of allylic oxidation sites excluding steroid dienone is 1. The molecule has 0 heterocycles. The lowest BCUT2D eigenvalue weighted by atomic mass is 9.47. The molecule has 2 aromatic carbocycles. The van der Waals surface area contributed by atoms with Gasteiger partial charge in [0.05, 0.1) is 5.56 Å². The van der Waals surface area contributed by atoms with Crippen molar-refractivity contribution in [2.75, 3.05) is 0 Å². The van der Waals surface area contributed by atoms with E-state index in [4.69, 9.17) is 9.47 Å². The average Bonchev–Trinajstić information content (AvgIpc) is 3.41. The smallest absolute Gasteiger partial charge is 0.343 e. The van der Waals surface area contributed by atoms with Crippen LogP contribution >= 0.6 is 0 Å². The Bertz CT molecular complexity index is 1520. The third-order valence-electron chi connectivity index (χ3n) is 13.7. The molecule has 2 aromatic rings. The highest BCUT2D eigenvalue weighted by Gasteiger charge is 2.59. The van der Waals surface area contributed by atoms with E-state index in [2.05, 4.69) is 40.7 Å². The van der Waals surface area contributed by atoms with E-state index in [1.54, 1.807) is 30.7 Å². The maximum absolute atomic E-state index is 13.0. The predicted octanol–water partition coefficient (Wildman–Crippen LogP) is 10.8. The summed E-state index contributed by atoms with van der Waals surface area (Å²) in [5, 5.41) is 9.61. The van der Waals surface area contributed by atoms with Gasteiger partial charge in [-0.3, -0.25) is 4.79 Å². The molecular formula is C44H60O5. The number of hydrogen-bond acceptors (Lipinski definition) is 5. The number of phenols is 1. The van der Waals surface area contributed by atoms with E-state index >= 15 is 0 Å². The summed E-state index contributed by atoms with van der Waals surface area (Å²) in [5.41, 5.74) is 4.38. The zero-order valence-corrected chi connectivity index (χ0v) is 30.9. The van der Waals surface area contributed by atoms with Crippen molar-refractivity contribution in [3.8, 4) is 11.5 Å². The summed E-state index contributed by atoms with van der Waals surface area (Å²) in [5.74, 6) is 4.94. The number of fused-ring (bicyclic) bond motifs is 5. The quantitative estimate of drug-likeness (QED) is 0.147. The minimum absolute atomic E-state index is 0.0232. The Balaban J connectivity index is 0.990. The molecule has 0 saturated heterocycles. The molecule has 0 unspecified atom stereocenters. The van der Waals surface area contributed by atoms with Gasteiger partial charge in [0.25, 0.3) is 0 Å². The number of phenolic OH excluding ortho intramolecular Hbond substituents is 1. The van der Waals surface area contributed by atoms with E-state index < -0.39 is 5.97 Å². The second kappa shape index (κ2) is 14.6. The first kappa shape index (κ1) is 35.7. The van der Waals surface area contributed by atoms with Crippen LogP contribution in [0.3, 0.4) is 0 Å². The summed E-state index contributed by atoms with van der Waals surface area (Å²) in [7, 11) is 0. The third kappa shape index (κ3) is 7.52. The van der Waals surface area contributed by atoms with E-state index in [0.717, 1.165) is 60.3 Å². The van der Waals surface area contributed by atoms with E-state index in [0.29, 0.717) is 35.1 Å². The predicted molar refractivity (Wildman–Crippen MR) is 195 cm³/mol. The zero-order valence-electron chi connectivity index (χ0n) is 30.9. The minimum Gasteiger partial charge on any atom is -0.508 e. The fourth-order valence-electron chi connectivity index (χ4n) is 11.0. The molecule has 8 atom stereocenters. The summed E-state index contributed by atoms with van der Waals surface area (Å²) in [6.45, 7) is 14.3. The van der Waals surface area contributed by atoms with Gasteiger partial charge >= 0.3 is 11.9 Å². The number of hydrogen-bond donors (Lipinski definition) is 1.